The number of ether oxygens (including phenoxy) is 2. The van der Waals surface area contributed by atoms with Gasteiger partial charge in [0.25, 0.3) is 0 Å². The maximum absolute atomic E-state index is 14.2. The van der Waals surface area contributed by atoms with Crippen LogP contribution in [0.15, 0.2) is 36.7 Å². The predicted octanol–water partition coefficient (Wildman–Crippen LogP) is 3.18. The zero-order valence-corrected chi connectivity index (χ0v) is 13.9. The maximum atomic E-state index is 14.2. The lowest BCUT2D eigenvalue weighted by Gasteiger charge is -2.22. The normalized spacial score (nSPS) is 19.1. The summed E-state index contributed by atoms with van der Waals surface area (Å²) in [5, 5.41) is 6.93. The van der Waals surface area contributed by atoms with E-state index in [1.165, 1.54) is 10.7 Å². The number of carbonyl (C=O) groups is 1. The summed E-state index contributed by atoms with van der Waals surface area (Å²) in [5.41, 5.74) is 0.237. The van der Waals surface area contributed by atoms with Gasteiger partial charge in [-0.25, -0.2) is 18.7 Å². The van der Waals surface area contributed by atoms with Crippen molar-refractivity contribution in [2.24, 2.45) is 0 Å². The molecule has 0 radical (unpaired) electrons. The van der Waals surface area contributed by atoms with Crippen LogP contribution >= 0.6 is 0 Å². The lowest BCUT2D eigenvalue weighted by atomic mass is 10.1. The molecule has 0 amide bonds. The van der Waals surface area contributed by atoms with Crippen LogP contribution in [0.5, 0.6) is 5.75 Å². The Morgan fingerprint density at radius 2 is 2.15 bits per heavy atom. The molecule has 4 rings (SSSR count). The minimum absolute atomic E-state index is 0.0649. The highest BCUT2D eigenvalue weighted by Crippen LogP contribution is 2.32. The standard InChI is InChI=1S/C17H13F3N4O3/c1-9-11-6-10(18)2-3-13(11)27-17(19,20)8-26-16(25)12-7-21-24-5-4-14(22-9)23-15(12)24/h2-7,9H,8H2,1H3,(H,22,23)/t9-/m1/s1. The van der Waals surface area contributed by atoms with Crippen molar-refractivity contribution < 1.29 is 27.4 Å². The van der Waals surface area contributed by atoms with Gasteiger partial charge in [0.05, 0.1) is 12.2 Å². The van der Waals surface area contributed by atoms with E-state index in [0.29, 0.717) is 5.82 Å². The molecule has 2 aromatic heterocycles. The van der Waals surface area contributed by atoms with Crippen molar-refractivity contribution in [2.75, 3.05) is 11.9 Å². The van der Waals surface area contributed by atoms with Gasteiger partial charge in [0.15, 0.2) is 12.3 Å². The fourth-order valence-electron chi connectivity index (χ4n) is 2.76. The first-order valence-corrected chi connectivity index (χ1v) is 7.97. The highest BCUT2D eigenvalue weighted by atomic mass is 19.3. The Balaban J connectivity index is 1.84. The first kappa shape index (κ1) is 17.1. The average Bonchev–Trinajstić information content (AvgIpc) is 3.03. The molecule has 10 heteroatoms. The molecule has 1 N–H and O–H groups in total. The van der Waals surface area contributed by atoms with Crippen LogP contribution in [0.4, 0.5) is 19.0 Å². The van der Waals surface area contributed by atoms with E-state index in [-0.39, 0.29) is 22.5 Å². The number of hydrogen-bond donors (Lipinski definition) is 1. The van der Waals surface area contributed by atoms with E-state index in [1.807, 2.05) is 0 Å². The SMILES string of the molecule is C[C@H]1Nc2ccn3ncc(c3n2)C(=O)OCC(F)(F)Oc2ccc(F)cc21. The van der Waals surface area contributed by atoms with Gasteiger partial charge in [-0.05, 0) is 31.2 Å². The van der Waals surface area contributed by atoms with Crippen molar-refractivity contribution in [3.63, 3.8) is 0 Å². The smallest absolute Gasteiger partial charge is 0.433 e. The van der Waals surface area contributed by atoms with Crippen LogP contribution in [0.3, 0.4) is 0 Å². The van der Waals surface area contributed by atoms with Gasteiger partial charge in [-0.2, -0.15) is 13.9 Å². The van der Waals surface area contributed by atoms with Gasteiger partial charge in [0, 0.05) is 11.8 Å². The lowest BCUT2D eigenvalue weighted by Crippen LogP contribution is -2.32. The van der Waals surface area contributed by atoms with Crippen molar-refractivity contribution in [1.29, 1.82) is 0 Å². The van der Waals surface area contributed by atoms with Crippen molar-refractivity contribution in [3.05, 3.63) is 53.6 Å². The van der Waals surface area contributed by atoms with Gasteiger partial charge in [0.2, 0.25) is 0 Å². The molecule has 1 aromatic carbocycles. The topological polar surface area (TPSA) is 77.8 Å². The Bertz CT molecular complexity index is 1040. The van der Waals surface area contributed by atoms with Crippen molar-refractivity contribution >= 4 is 17.4 Å². The maximum Gasteiger partial charge on any atom is 0.433 e. The number of aromatic nitrogens is 3. The van der Waals surface area contributed by atoms with Crippen molar-refractivity contribution in [1.82, 2.24) is 14.6 Å². The third-order valence-corrected chi connectivity index (χ3v) is 4.02. The summed E-state index contributed by atoms with van der Waals surface area (Å²) < 4.78 is 52.7. The molecule has 3 heterocycles. The summed E-state index contributed by atoms with van der Waals surface area (Å²) in [5.74, 6) is -1.51. The number of fused-ring (bicyclic) bond motifs is 2. The zero-order valence-electron chi connectivity index (χ0n) is 13.9. The Labute approximate surface area is 150 Å². The van der Waals surface area contributed by atoms with E-state index in [0.717, 1.165) is 18.2 Å². The third kappa shape index (κ3) is 3.25. The molecule has 0 spiro atoms. The Hall–Kier alpha value is -3.30. The molecule has 0 unspecified atom stereocenters. The van der Waals surface area contributed by atoms with Gasteiger partial charge in [0.1, 0.15) is 22.9 Å². The van der Waals surface area contributed by atoms with Gasteiger partial charge >= 0.3 is 12.1 Å². The summed E-state index contributed by atoms with van der Waals surface area (Å²) in [6.07, 6.45) is -1.08. The highest BCUT2D eigenvalue weighted by Gasteiger charge is 2.36. The summed E-state index contributed by atoms with van der Waals surface area (Å²) >= 11 is 0. The monoisotopic (exact) mass is 378 g/mol. The second-order valence-electron chi connectivity index (χ2n) is 6.00. The number of hydrogen-bond acceptors (Lipinski definition) is 6. The number of cyclic esters (lactones) is 1. The van der Waals surface area contributed by atoms with Crippen LogP contribution in [0.1, 0.15) is 28.9 Å². The number of benzene rings is 1. The lowest BCUT2D eigenvalue weighted by molar-refractivity contribution is -0.201. The minimum atomic E-state index is -3.81. The highest BCUT2D eigenvalue weighted by molar-refractivity contribution is 5.95. The molecule has 7 nitrogen and oxygen atoms in total. The molecule has 0 saturated heterocycles. The molecular weight excluding hydrogens is 365 g/mol. The number of anilines is 1. The van der Waals surface area contributed by atoms with Gasteiger partial charge in [-0.1, -0.05) is 0 Å². The molecule has 0 saturated carbocycles. The molecule has 1 aliphatic heterocycles. The molecule has 27 heavy (non-hydrogen) atoms. The summed E-state index contributed by atoms with van der Waals surface area (Å²) in [6, 6.07) is 4.17. The van der Waals surface area contributed by atoms with Crippen LogP contribution in [0.2, 0.25) is 0 Å². The van der Waals surface area contributed by atoms with Gasteiger partial charge in [-0.3, -0.25) is 0 Å². The minimum Gasteiger partial charge on any atom is -0.451 e. The van der Waals surface area contributed by atoms with Crippen molar-refractivity contribution in [2.45, 2.75) is 19.1 Å². The fourth-order valence-corrected chi connectivity index (χ4v) is 2.76. The Morgan fingerprint density at radius 3 is 2.96 bits per heavy atom. The number of alkyl halides is 2. The van der Waals surface area contributed by atoms with E-state index < -0.39 is 30.5 Å². The number of carbonyl (C=O) groups excluding carboxylic acids is 1. The first-order valence-electron chi connectivity index (χ1n) is 7.97. The fraction of sp³-hybridized carbons (Fsp3) is 0.235. The van der Waals surface area contributed by atoms with Crippen LogP contribution in [0, 0.1) is 5.82 Å². The predicted molar refractivity (Wildman–Crippen MR) is 87.3 cm³/mol. The third-order valence-electron chi connectivity index (χ3n) is 4.02. The molecule has 1 atom stereocenters. The second kappa shape index (κ2) is 6.15. The van der Waals surface area contributed by atoms with E-state index >= 15 is 0 Å². The van der Waals surface area contributed by atoms with Gasteiger partial charge < -0.3 is 14.8 Å². The van der Waals surface area contributed by atoms with Crippen LogP contribution < -0.4 is 10.1 Å². The summed E-state index contributed by atoms with van der Waals surface area (Å²) in [7, 11) is 0. The summed E-state index contributed by atoms with van der Waals surface area (Å²) in [4.78, 5) is 16.4. The molecule has 2 bridgehead atoms. The van der Waals surface area contributed by atoms with E-state index in [4.69, 9.17) is 4.74 Å². The molecule has 1 aliphatic rings. The number of nitrogens with one attached hydrogen (secondary N) is 1. The van der Waals surface area contributed by atoms with Crippen LogP contribution in [-0.2, 0) is 4.74 Å². The number of esters is 1. The second-order valence-corrected chi connectivity index (χ2v) is 6.00. The number of rotatable bonds is 0. The van der Waals surface area contributed by atoms with E-state index in [1.54, 1.807) is 19.2 Å². The molecule has 0 fully saturated rings. The Kier molecular flexibility index (Phi) is 3.90. The first-order chi connectivity index (χ1) is 12.8. The largest absolute Gasteiger partial charge is 0.451 e. The zero-order chi connectivity index (χ0) is 19.2. The molecular formula is C17H13F3N4O3. The average molecular weight is 378 g/mol. The Morgan fingerprint density at radius 1 is 1.33 bits per heavy atom. The quantitative estimate of drug-likeness (QED) is 0.606. The van der Waals surface area contributed by atoms with Gasteiger partial charge in [-0.15, -0.1) is 0 Å². The van der Waals surface area contributed by atoms with Crippen LogP contribution in [0.25, 0.3) is 5.65 Å². The summed E-state index contributed by atoms with van der Waals surface area (Å²) in [6.45, 7) is 0.325. The van der Waals surface area contributed by atoms with E-state index in [9.17, 15) is 18.0 Å². The number of nitrogens with zero attached hydrogens (tertiary/aromatic N) is 3. The van der Waals surface area contributed by atoms with Crippen LogP contribution in [-0.4, -0.2) is 33.3 Å². The molecule has 140 valence electrons. The van der Waals surface area contributed by atoms with E-state index in [2.05, 4.69) is 20.1 Å². The molecule has 3 aromatic rings. The van der Waals surface area contributed by atoms with Crippen molar-refractivity contribution in [3.8, 4) is 5.75 Å². The molecule has 0 aliphatic carbocycles. The number of halogens is 3.